The van der Waals surface area contributed by atoms with Crippen LogP contribution in [0.5, 0.6) is 0 Å². The van der Waals surface area contributed by atoms with Crippen molar-refractivity contribution in [2.24, 2.45) is 23.3 Å². The van der Waals surface area contributed by atoms with Crippen LogP contribution >= 0.6 is 33.8 Å². The molecule has 0 aliphatic carbocycles. The van der Waals surface area contributed by atoms with E-state index in [0.717, 1.165) is 21.6 Å². The van der Waals surface area contributed by atoms with Gasteiger partial charge in [0.1, 0.15) is 18.7 Å². The summed E-state index contributed by atoms with van der Waals surface area (Å²) in [7, 11) is 2.20. The average molecular weight is 1120 g/mol. The first-order valence-electron chi connectivity index (χ1n) is 23.3. The lowest BCUT2D eigenvalue weighted by Crippen LogP contribution is -2.53. The largest absolute Gasteiger partial charge is 0.481 e. The maximum atomic E-state index is 14.2. The van der Waals surface area contributed by atoms with Gasteiger partial charge in [0.2, 0.25) is 23.6 Å². The van der Waals surface area contributed by atoms with Gasteiger partial charge in [0, 0.05) is 62.6 Å². The summed E-state index contributed by atoms with van der Waals surface area (Å²) in [5.41, 5.74) is 12.3. The highest BCUT2D eigenvalue weighted by Crippen LogP contribution is 2.26. The summed E-state index contributed by atoms with van der Waals surface area (Å²) >= 11 is 5.07. The number of carboxylic acids is 4. The molecule has 0 aromatic heterocycles. The monoisotopic (exact) mass is 1120 g/mol. The fourth-order valence-corrected chi connectivity index (χ4v) is 9.20. The highest BCUT2D eigenvalue weighted by Gasteiger charge is 2.32. The van der Waals surface area contributed by atoms with E-state index in [9.17, 15) is 72.9 Å². The summed E-state index contributed by atoms with van der Waals surface area (Å²) in [6.07, 6.45) is -5.69. The van der Waals surface area contributed by atoms with Crippen LogP contribution in [0.15, 0.2) is 60.7 Å². The zero-order valence-electron chi connectivity index (χ0n) is 40.9. The van der Waals surface area contributed by atoms with E-state index in [-0.39, 0.29) is 74.8 Å². The van der Waals surface area contributed by atoms with Crippen molar-refractivity contribution in [1.82, 2.24) is 31.9 Å². The fourth-order valence-electron chi connectivity index (χ4n) is 6.80. The van der Waals surface area contributed by atoms with Crippen molar-refractivity contribution in [2.45, 2.75) is 94.6 Å². The molecule has 0 aliphatic rings. The second-order valence-electron chi connectivity index (χ2n) is 16.7. The van der Waals surface area contributed by atoms with Gasteiger partial charge in [-0.2, -0.15) is 0 Å². The molecule has 0 radical (unpaired) electrons. The summed E-state index contributed by atoms with van der Waals surface area (Å²) in [5, 5.41) is 52.4. The molecular formula is C47H62N8O18S3. The van der Waals surface area contributed by atoms with Crippen molar-refractivity contribution >= 4 is 111 Å². The number of Topliss-reactive ketones (excluding diaryl/α,β-unsaturated/α-hetero) is 2. The molecule has 0 saturated carbocycles. The first-order valence-corrected chi connectivity index (χ1v) is 26.2. The second-order valence-corrected chi connectivity index (χ2v) is 19.7. The zero-order valence-corrected chi connectivity index (χ0v) is 43.3. The van der Waals surface area contributed by atoms with Crippen molar-refractivity contribution in [3.63, 3.8) is 0 Å². The van der Waals surface area contributed by atoms with Gasteiger partial charge in [-0.05, 0) is 42.6 Å². The minimum absolute atomic E-state index is 0.000550. The van der Waals surface area contributed by atoms with Gasteiger partial charge in [0.05, 0.1) is 30.8 Å². The molecule has 7 atom stereocenters. The molecule has 0 unspecified atom stereocenters. The third kappa shape index (κ3) is 27.8. The van der Waals surface area contributed by atoms with Gasteiger partial charge in [-0.25, -0.2) is 9.59 Å². The minimum atomic E-state index is -1.69. The number of benzene rings is 2. The topological polar surface area (TPSA) is 428 Å². The number of carbonyl (C=O) groups excluding carboxylic acids is 8. The summed E-state index contributed by atoms with van der Waals surface area (Å²) in [6.45, 7) is -0.761. The Morgan fingerprint density at radius 1 is 0.632 bits per heavy atom. The summed E-state index contributed by atoms with van der Waals surface area (Å²) in [6, 6.07) is 11.4. The average Bonchev–Trinajstić information content (AvgIpc) is 3.36. The van der Waals surface area contributed by atoms with E-state index in [2.05, 4.69) is 36.6 Å². The number of carboxylic acid groups (broad SMARTS) is 4. The molecule has 29 heteroatoms. The summed E-state index contributed by atoms with van der Waals surface area (Å²) in [4.78, 5) is 148. The fraction of sp³-hybridized carbons (Fsp3) is 0.468. The lowest BCUT2D eigenvalue weighted by Gasteiger charge is -2.23. The number of amides is 5. The van der Waals surface area contributed by atoms with E-state index in [0.29, 0.717) is 11.1 Å². The first-order chi connectivity index (χ1) is 36.1. The highest BCUT2D eigenvalue weighted by molar-refractivity contribution is 8.76. The van der Waals surface area contributed by atoms with E-state index in [1.54, 1.807) is 60.7 Å². The van der Waals surface area contributed by atoms with Crippen LogP contribution in [0.25, 0.3) is 0 Å². The van der Waals surface area contributed by atoms with E-state index in [4.69, 9.17) is 33.5 Å². The molecule has 26 nitrogen and oxygen atoms in total. The SMILES string of the molecule is NC(=O)OCCSSC[C@H](CC(=O)[C@H](CC(=O)O)NC(=O)[C@@H](N)CNC(=O)[C@@H](CC(=O)[C@H](Cc1ccccc1)NC(=O)CCNC(=O)CC[C@H](NC(=S)N[C@@H](CCC(=O)O)OC=O)C(=O)O)Cc1ccccc1)C(=O)O. The third-order valence-corrected chi connectivity index (χ3v) is 13.4. The van der Waals surface area contributed by atoms with Crippen molar-refractivity contribution in [2.75, 3.05) is 31.2 Å². The van der Waals surface area contributed by atoms with Crippen molar-refractivity contribution in [3.05, 3.63) is 71.8 Å². The molecule has 0 saturated heterocycles. The smallest absolute Gasteiger partial charge is 0.404 e. The molecule has 416 valence electrons. The van der Waals surface area contributed by atoms with Gasteiger partial charge < -0.3 is 73.3 Å². The molecule has 76 heavy (non-hydrogen) atoms. The number of thiocarbonyl (C=S) groups is 1. The zero-order chi connectivity index (χ0) is 56.6. The lowest BCUT2D eigenvalue weighted by molar-refractivity contribution is -0.144. The van der Waals surface area contributed by atoms with Crippen LogP contribution in [-0.4, -0.2) is 159 Å². The molecule has 5 amide bonds. The number of nitrogens with one attached hydrogen (secondary N) is 6. The Hall–Kier alpha value is -7.37. The van der Waals surface area contributed by atoms with Crippen LogP contribution < -0.4 is 43.4 Å². The van der Waals surface area contributed by atoms with Gasteiger partial charge in [-0.1, -0.05) is 82.3 Å². The van der Waals surface area contributed by atoms with Crippen molar-refractivity contribution < 1.29 is 87.4 Å². The van der Waals surface area contributed by atoms with Gasteiger partial charge in [-0.15, -0.1) is 0 Å². The predicted octanol–water partition coefficient (Wildman–Crippen LogP) is -0.361. The Morgan fingerprint density at radius 3 is 1.83 bits per heavy atom. The Kier molecular flexibility index (Phi) is 30.5. The quantitative estimate of drug-likeness (QED) is 0.0134. The van der Waals surface area contributed by atoms with Crippen LogP contribution in [-0.2, 0) is 75.1 Å². The molecule has 0 heterocycles. The molecule has 0 fully saturated rings. The molecule has 2 aromatic rings. The molecule has 0 bridgehead atoms. The maximum Gasteiger partial charge on any atom is 0.404 e. The van der Waals surface area contributed by atoms with Crippen LogP contribution in [0.4, 0.5) is 4.79 Å². The molecule has 14 N–H and O–H groups in total. The standard InChI is InChI=1S/C47H62N8O18S3/c48-31(43(66)53-34(23-41(63)64)36(58)22-30(44(67)68)25-76-75-18-17-72-46(49)71)24-51-42(65)29(19-27-7-3-1-4-8-27)21-35(57)33(20-28-9-5-2-6-10-28)52-38(60)15-16-50-37(59)12-11-32(45(69)70)54-47(74)55-39(73-26-56)13-14-40(61)62/h1-10,26,29-34,39H,11-25,48H2,(H2,49,71)(H,50,59)(H,51,65)(H,52,60)(H,53,66)(H,61,62)(H,63,64)(H,67,68)(H,69,70)(H2,54,55,74)/t29-,30+,31+,32+,33+,34+,39-/m1/s1. The normalized spacial score (nSPS) is 13.5. The van der Waals surface area contributed by atoms with E-state index in [1.807, 2.05) is 0 Å². The Labute approximate surface area is 449 Å². The van der Waals surface area contributed by atoms with Crippen LogP contribution in [0.3, 0.4) is 0 Å². The number of carbonyl (C=O) groups is 12. The number of nitrogens with two attached hydrogens (primary N) is 2. The molecule has 2 rings (SSSR count). The summed E-state index contributed by atoms with van der Waals surface area (Å²) < 4.78 is 9.33. The van der Waals surface area contributed by atoms with Gasteiger partial charge in [0.25, 0.3) is 6.47 Å². The Bertz CT molecular complexity index is 2320. The number of hydrogen-bond donors (Lipinski definition) is 12. The molecule has 0 spiro atoms. The number of aliphatic carboxylic acids is 4. The van der Waals surface area contributed by atoms with Crippen LogP contribution in [0, 0.1) is 11.8 Å². The molecular weight excluding hydrogens is 1060 g/mol. The van der Waals surface area contributed by atoms with Crippen molar-refractivity contribution in [3.8, 4) is 0 Å². The summed E-state index contributed by atoms with van der Waals surface area (Å²) in [5.74, 6) is -12.2. The molecule has 0 aliphatic heterocycles. The van der Waals surface area contributed by atoms with Crippen molar-refractivity contribution in [1.29, 1.82) is 0 Å². The van der Waals surface area contributed by atoms with Crippen LogP contribution in [0.2, 0.25) is 0 Å². The first kappa shape index (κ1) is 64.7. The number of ether oxygens (including phenoxy) is 2. The second kappa shape index (κ2) is 35.8. The lowest BCUT2D eigenvalue weighted by atomic mass is 9.89. The number of ketones is 2. The van der Waals surface area contributed by atoms with Gasteiger partial charge in [-0.3, -0.25) is 47.9 Å². The predicted molar refractivity (Wildman–Crippen MR) is 277 cm³/mol. The third-order valence-electron chi connectivity index (χ3n) is 10.7. The highest BCUT2D eigenvalue weighted by atomic mass is 33.1. The number of hydrogen-bond acceptors (Lipinski definition) is 18. The van der Waals surface area contributed by atoms with E-state index >= 15 is 0 Å². The Balaban J connectivity index is 2.11. The van der Waals surface area contributed by atoms with Gasteiger partial charge in [0.15, 0.2) is 22.9 Å². The number of rotatable bonds is 39. The Morgan fingerprint density at radius 2 is 1.25 bits per heavy atom. The van der Waals surface area contributed by atoms with E-state index < -0.39 is 140 Å². The number of primary amides is 1. The molecule has 2 aromatic carbocycles. The maximum absolute atomic E-state index is 14.2. The van der Waals surface area contributed by atoms with Crippen LogP contribution in [0.1, 0.15) is 62.5 Å². The van der Waals surface area contributed by atoms with E-state index in [1.165, 1.54) is 0 Å². The van der Waals surface area contributed by atoms with Gasteiger partial charge >= 0.3 is 30.0 Å². The minimum Gasteiger partial charge on any atom is -0.481 e.